The fourth-order valence-corrected chi connectivity index (χ4v) is 2.05. The van der Waals surface area contributed by atoms with Crippen LogP contribution in [-0.2, 0) is 0 Å². The lowest BCUT2D eigenvalue weighted by Crippen LogP contribution is -2.51. The Morgan fingerprint density at radius 2 is 1.46 bits per heavy atom. The number of hydroxylamine groups is 2. The zero-order chi connectivity index (χ0) is 9.73. The number of rotatable bonds is 2. The smallest absolute Gasteiger partial charge is 0.0854 e. The minimum absolute atomic E-state index is 0.319. The molecule has 1 fully saturated rings. The van der Waals surface area contributed by atoms with Crippen molar-refractivity contribution in [2.45, 2.75) is 50.5 Å². The van der Waals surface area contributed by atoms with Crippen molar-refractivity contribution < 1.29 is 10.4 Å². The second kappa shape index (κ2) is 4.91. The molecule has 0 heterocycles. The molecule has 4 nitrogen and oxygen atoms in total. The molecule has 0 radical (unpaired) electrons. The molecule has 0 aromatic rings. The highest BCUT2D eigenvalue weighted by Gasteiger charge is 2.34. The first-order valence-electron chi connectivity index (χ1n) is 5.09. The monoisotopic (exact) mass is 188 g/mol. The first kappa shape index (κ1) is 10.9. The standard InChI is InChI=1S/C9H20N2O2/c10-8-9(11(12)13)6-4-2-1-3-5-7-9/h12-13H,1-8,10H2. The molecule has 0 amide bonds. The van der Waals surface area contributed by atoms with Gasteiger partial charge in [-0.2, -0.15) is 0 Å². The molecule has 0 aromatic carbocycles. The van der Waals surface area contributed by atoms with Crippen molar-refractivity contribution in [2.24, 2.45) is 5.73 Å². The predicted molar refractivity (Wildman–Crippen MR) is 49.5 cm³/mol. The van der Waals surface area contributed by atoms with Gasteiger partial charge in [0, 0.05) is 6.54 Å². The topological polar surface area (TPSA) is 69.7 Å². The molecule has 78 valence electrons. The maximum absolute atomic E-state index is 9.15. The van der Waals surface area contributed by atoms with Crippen LogP contribution in [0.4, 0.5) is 0 Å². The van der Waals surface area contributed by atoms with E-state index in [1.807, 2.05) is 0 Å². The minimum Gasteiger partial charge on any atom is -0.328 e. The number of nitrogens with zero attached hydrogens (tertiary/aromatic N) is 1. The highest BCUT2D eigenvalue weighted by atomic mass is 16.8. The van der Waals surface area contributed by atoms with Gasteiger partial charge in [-0.15, -0.1) is 0 Å². The van der Waals surface area contributed by atoms with E-state index in [1.165, 1.54) is 19.3 Å². The maximum Gasteiger partial charge on any atom is 0.0854 e. The normalized spacial score (nSPS) is 24.0. The summed E-state index contributed by atoms with van der Waals surface area (Å²) >= 11 is 0. The summed E-state index contributed by atoms with van der Waals surface area (Å²) in [6.07, 6.45) is 7.26. The van der Waals surface area contributed by atoms with Gasteiger partial charge in [-0.1, -0.05) is 37.3 Å². The van der Waals surface area contributed by atoms with Gasteiger partial charge in [0.05, 0.1) is 5.54 Å². The van der Waals surface area contributed by atoms with Gasteiger partial charge in [0.15, 0.2) is 0 Å². The van der Waals surface area contributed by atoms with Gasteiger partial charge in [-0.3, -0.25) is 10.4 Å². The third-order valence-corrected chi connectivity index (χ3v) is 3.09. The number of hydrogen-bond donors (Lipinski definition) is 3. The van der Waals surface area contributed by atoms with E-state index in [9.17, 15) is 0 Å². The van der Waals surface area contributed by atoms with Gasteiger partial charge in [-0.05, 0) is 12.8 Å². The second-order valence-electron chi connectivity index (χ2n) is 3.99. The first-order chi connectivity index (χ1) is 6.21. The molecular weight excluding hydrogens is 168 g/mol. The van der Waals surface area contributed by atoms with Crippen LogP contribution in [0.1, 0.15) is 44.9 Å². The quantitative estimate of drug-likeness (QED) is 0.574. The molecule has 1 rings (SSSR count). The van der Waals surface area contributed by atoms with E-state index < -0.39 is 5.54 Å². The van der Waals surface area contributed by atoms with Crippen molar-refractivity contribution in [3.63, 3.8) is 0 Å². The summed E-state index contributed by atoms with van der Waals surface area (Å²) in [7, 11) is 0. The fourth-order valence-electron chi connectivity index (χ4n) is 2.05. The van der Waals surface area contributed by atoms with Crippen LogP contribution in [0.25, 0.3) is 0 Å². The van der Waals surface area contributed by atoms with Gasteiger partial charge in [-0.25, -0.2) is 0 Å². The molecule has 0 spiro atoms. The molecule has 13 heavy (non-hydrogen) atoms. The molecular formula is C9H20N2O2. The van der Waals surface area contributed by atoms with Crippen molar-refractivity contribution in [3.8, 4) is 0 Å². The molecule has 1 aliphatic rings. The molecule has 4 heteroatoms. The van der Waals surface area contributed by atoms with E-state index in [1.54, 1.807) is 0 Å². The minimum atomic E-state index is -0.583. The number of nitrogens with two attached hydrogens (primary N) is 1. The Balaban J connectivity index is 2.58. The van der Waals surface area contributed by atoms with Crippen molar-refractivity contribution in [3.05, 3.63) is 0 Å². The molecule has 0 atom stereocenters. The SMILES string of the molecule is NCC1(N(O)O)CCCCCCC1. The summed E-state index contributed by atoms with van der Waals surface area (Å²) in [6, 6.07) is 0. The van der Waals surface area contributed by atoms with Gasteiger partial charge in [0.25, 0.3) is 0 Å². The maximum atomic E-state index is 9.15. The summed E-state index contributed by atoms with van der Waals surface area (Å²) in [4.78, 5) is 0. The highest BCUT2D eigenvalue weighted by Crippen LogP contribution is 2.28. The van der Waals surface area contributed by atoms with Crippen LogP contribution in [0.2, 0.25) is 0 Å². The summed E-state index contributed by atoms with van der Waals surface area (Å²) in [5, 5.41) is 18.7. The average Bonchev–Trinajstić information content (AvgIpc) is 2.04. The van der Waals surface area contributed by atoms with Crippen LogP contribution in [0.15, 0.2) is 0 Å². The zero-order valence-corrected chi connectivity index (χ0v) is 8.08. The Morgan fingerprint density at radius 3 is 1.85 bits per heavy atom. The predicted octanol–water partition coefficient (Wildman–Crippen LogP) is 1.51. The Labute approximate surface area is 79.2 Å². The molecule has 0 bridgehead atoms. The fraction of sp³-hybridized carbons (Fsp3) is 1.00. The van der Waals surface area contributed by atoms with E-state index in [4.69, 9.17) is 16.1 Å². The average molecular weight is 188 g/mol. The van der Waals surface area contributed by atoms with Crippen LogP contribution in [0.5, 0.6) is 0 Å². The summed E-state index contributed by atoms with van der Waals surface area (Å²) in [5.41, 5.74) is 5.02. The number of hydrogen-bond acceptors (Lipinski definition) is 4. The van der Waals surface area contributed by atoms with E-state index in [2.05, 4.69) is 0 Å². The molecule has 0 unspecified atom stereocenters. The van der Waals surface area contributed by atoms with E-state index in [0.29, 0.717) is 11.8 Å². The Kier molecular flexibility index (Phi) is 4.12. The molecule has 1 aliphatic carbocycles. The summed E-state index contributed by atoms with van der Waals surface area (Å²) < 4.78 is 0. The molecule has 0 saturated heterocycles. The van der Waals surface area contributed by atoms with Crippen LogP contribution < -0.4 is 5.73 Å². The van der Waals surface area contributed by atoms with Gasteiger partial charge in [0.1, 0.15) is 0 Å². The van der Waals surface area contributed by atoms with Crippen LogP contribution in [0.3, 0.4) is 0 Å². The summed E-state index contributed by atoms with van der Waals surface area (Å²) in [5.74, 6) is 0. The molecule has 0 aromatic heterocycles. The molecule has 0 aliphatic heterocycles. The lowest BCUT2D eigenvalue weighted by molar-refractivity contribution is -0.364. The largest absolute Gasteiger partial charge is 0.328 e. The highest BCUT2D eigenvalue weighted by molar-refractivity contribution is 4.86. The third-order valence-electron chi connectivity index (χ3n) is 3.09. The van der Waals surface area contributed by atoms with Gasteiger partial charge < -0.3 is 5.73 Å². The lowest BCUT2D eigenvalue weighted by Gasteiger charge is -2.36. The van der Waals surface area contributed by atoms with Crippen LogP contribution >= 0.6 is 0 Å². The Morgan fingerprint density at radius 1 is 1.00 bits per heavy atom. The van der Waals surface area contributed by atoms with E-state index >= 15 is 0 Å². The molecule has 4 N–H and O–H groups in total. The second-order valence-corrected chi connectivity index (χ2v) is 3.99. The molecule has 1 saturated carbocycles. The van der Waals surface area contributed by atoms with Crippen molar-refractivity contribution in [1.29, 1.82) is 0 Å². The van der Waals surface area contributed by atoms with Crippen molar-refractivity contribution in [1.82, 2.24) is 5.23 Å². The van der Waals surface area contributed by atoms with Crippen LogP contribution in [-0.4, -0.2) is 27.7 Å². The van der Waals surface area contributed by atoms with Crippen molar-refractivity contribution >= 4 is 0 Å². The van der Waals surface area contributed by atoms with Crippen molar-refractivity contribution in [2.75, 3.05) is 6.54 Å². The van der Waals surface area contributed by atoms with Crippen LogP contribution in [0, 0.1) is 0 Å². The van der Waals surface area contributed by atoms with Gasteiger partial charge >= 0.3 is 0 Å². The Bertz CT molecular complexity index is 143. The van der Waals surface area contributed by atoms with Gasteiger partial charge in [0.2, 0.25) is 0 Å². The lowest BCUT2D eigenvalue weighted by atomic mass is 9.84. The Hall–Kier alpha value is -0.160. The van der Waals surface area contributed by atoms with E-state index in [0.717, 1.165) is 25.7 Å². The van der Waals surface area contributed by atoms with E-state index in [-0.39, 0.29) is 0 Å². The summed E-state index contributed by atoms with van der Waals surface area (Å²) in [6.45, 7) is 0.319. The zero-order valence-electron chi connectivity index (χ0n) is 8.08. The first-order valence-corrected chi connectivity index (χ1v) is 5.09. The third kappa shape index (κ3) is 2.64.